The molecule has 0 saturated carbocycles. The van der Waals surface area contributed by atoms with E-state index < -0.39 is 0 Å². The summed E-state index contributed by atoms with van der Waals surface area (Å²) in [5, 5.41) is 3.75. The normalized spacial score (nSPS) is 26.6. The lowest BCUT2D eigenvalue weighted by Gasteiger charge is -2.39. The van der Waals surface area contributed by atoms with Crippen LogP contribution in [0.1, 0.15) is 47.5 Å². The van der Waals surface area contributed by atoms with Crippen LogP contribution >= 0.6 is 11.8 Å². The molecule has 1 N–H and O–H groups in total. The van der Waals surface area contributed by atoms with Crippen molar-refractivity contribution < 1.29 is 0 Å². The van der Waals surface area contributed by atoms with Crippen LogP contribution in [0.25, 0.3) is 0 Å². The molecule has 1 rings (SSSR count). The summed E-state index contributed by atoms with van der Waals surface area (Å²) >= 11 is 2.10. The van der Waals surface area contributed by atoms with Crippen LogP contribution in [0, 0.1) is 10.8 Å². The standard InChI is InChI=1S/C13H27NS/c1-12(2,3)6-8-14-11-10-15-9-7-13(11,4)5/h11,14H,6-10H2,1-5H3. The molecular weight excluding hydrogens is 202 g/mol. The van der Waals surface area contributed by atoms with Crippen molar-refractivity contribution in [3.8, 4) is 0 Å². The molecule has 0 radical (unpaired) electrons. The van der Waals surface area contributed by atoms with Crippen molar-refractivity contribution in [1.82, 2.24) is 5.32 Å². The number of hydrogen-bond donors (Lipinski definition) is 1. The van der Waals surface area contributed by atoms with Crippen LogP contribution in [0.2, 0.25) is 0 Å². The van der Waals surface area contributed by atoms with Crippen LogP contribution in [0.5, 0.6) is 0 Å². The van der Waals surface area contributed by atoms with Gasteiger partial charge < -0.3 is 5.32 Å². The van der Waals surface area contributed by atoms with E-state index in [0.29, 0.717) is 16.9 Å². The van der Waals surface area contributed by atoms with E-state index >= 15 is 0 Å². The first kappa shape index (κ1) is 13.4. The van der Waals surface area contributed by atoms with Gasteiger partial charge in [0.25, 0.3) is 0 Å². The highest BCUT2D eigenvalue weighted by molar-refractivity contribution is 7.99. The molecule has 1 nitrogen and oxygen atoms in total. The Bertz CT molecular complexity index is 193. The maximum absolute atomic E-state index is 3.75. The van der Waals surface area contributed by atoms with Crippen LogP contribution in [-0.4, -0.2) is 24.1 Å². The van der Waals surface area contributed by atoms with Crippen molar-refractivity contribution in [3.63, 3.8) is 0 Å². The van der Waals surface area contributed by atoms with Crippen LogP contribution in [0.3, 0.4) is 0 Å². The predicted molar refractivity (Wildman–Crippen MR) is 71.6 cm³/mol. The fraction of sp³-hybridized carbons (Fsp3) is 1.00. The SMILES string of the molecule is CC(C)(C)CCNC1CSCCC1(C)C. The highest BCUT2D eigenvalue weighted by Crippen LogP contribution is 2.34. The third kappa shape index (κ3) is 4.78. The molecule has 0 bridgehead atoms. The first-order valence-corrected chi connectivity index (χ1v) is 7.28. The average Bonchev–Trinajstić information content (AvgIpc) is 2.05. The second-order valence-electron chi connectivity index (χ2n) is 6.63. The molecule has 1 aliphatic rings. The minimum absolute atomic E-state index is 0.457. The van der Waals surface area contributed by atoms with Gasteiger partial charge in [-0.2, -0.15) is 11.8 Å². The van der Waals surface area contributed by atoms with Crippen LogP contribution in [0.15, 0.2) is 0 Å². The van der Waals surface area contributed by atoms with E-state index in [2.05, 4.69) is 51.7 Å². The zero-order valence-electron chi connectivity index (χ0n) is 11.0. The third-order valence-corrected chi connectivity index (χ3v) is 4.45. The van der Waals surface area contributed by atoms with Crippen molar-refractivity contribution in [3.05, 3.63) is 0 Å². The van der Waals surface area contributed by atoms with Crippen LogP contribution in [0.4, 0.5) is 0 Å². The lowest BCUT2D eigenvalue weighted by Crippen LogP contribution is -2.47. The molecule has 0 aliphatic carbocycles. The molecule has 1 aliphatic heterocycles. The Morgan fingerprint density at radius 3 is 2.53 bits per heavy atom. The molecule has 0 amide bonds. The minimum atomic E-state index is 0.457. The van der Waals surface area contributed by atoms with E-state index in [0.717, 1.165) is 6.54 Å². The maximum atomic E-state index is 3.75. The van der Waals surface area contributed by atoms with Gasteiger partial charge in [0.1, 0.15) is 0 Å². The summed E-state index contributed by atoms with van der Waals surface area (Å²) in [7, 11) is 0. The summed E-state index contributed by atoms with van der Waals surface area (Å²) in [6.07, 6.45) is 2.62. The van der Waals surface area contributed by atoms with Gasteiger partial charge >= 0.3 is 0 Å². The second kappa shape index (κ2) is 5.09. The summed E-state index contributed by atoms with van der Waals surface area (Å²) in [5.74, 6) is 2.63. The molecule has 1 heterocycles. The van der Waals surface area contributed by atoms with Crippen molar-refractivity contribution >= 4 is 11.8 Å². The van der Waals surface area contributed by atoms with Gasteiger partial charge in [0.05, 0.1) is 0 Å². The highest BCUT2D eigenvalue weighted by atomic mass is 32.2. The predicted octanol–water partition coefficient (Wildman–Crippen LogP) is 3.54. The first-order chi connectivity index (χ1) is 6.81. The molecule has 2 heteroatoms. The number of nitrogens with one attached hydrogen (secondary N) is 1. The van der Waals surface area contributed by atoms with Crippen molar-refractivity contribution in [2.45, 2.75) is 53.5 Å². The lowest BCUT2D eigenvalue weighted by molar-refractivity contribution is 0.235. The van der Waals surface area contributed by atoms with E-state index in [1.165, 1.54) is 24.3 Å². The molecule has 90 valence electrons. The molecule has 15 heavy (non-hydrogen) atoms. The minimum Gasteiger partial charge on any atom is -0.313 e. The molecular formula is C13H27NS. The van der Waals surface area contributed by atoms with Crippen LogP contribution < -0.4 is 5.32 Å². The Kier molecular flexibility index (Phi) is 4.54. The molecule has 1 fully saturated rings. The van der Waals surface area contributed by atoms with E-state index in [4.69, 9.17) is 0 Å². The monoisotopic (exact) mass is 229 g/mol. The van der Waals surface area contributed by atoms with Gasteiger partial charge in [-0.15, -0.1) is 0 Å². The molecule has 0 spiro atoms. The molecule has 0 aromatic heterocycles. The molecule has 0 aromatic rings. The number of rotatable bonds is 3. The van der Waals surface area contributed by atoms with Gasteiger partial charge in [0, 0.05) is 11.8 Å². The Morgan fingerprint density at radius 2 is 2.00 bits per heavy atom. The first-order valence-electron chi connectivity index (χ1n) is 6.12. The molecule has 1 saturated heterocycles. The number of hydrogen-bond acceptors (Lipinski definition) is 2. The van der Waals surface area contributed by atoms with Gasteiger partial charge in [-0.05, 0) is 36.0 Å². The summed E-state index contributed by atoms with van der Waals surface area (Å²) in [6, 6.07) is 0.707. The fourth-order valence-electron chi connectivity index (χ4n) is 1.89. The van der Waals surface area contributed by atoms with Gasteiger partial charge in [-0.1, -0.05) is 34.6 Å². The number of thioether (sulfide) groups is 1. The molecule has 1 atom stereocenters. The Morgan fingerprint density at radius 1 is 1.33 bits per heavy atom. The summed E-state index contributed by atoms with van der Waals surface area (Å²) in [5.41, 5.74) is 0.947. The fourth-order valence-corrected chi connectivity index (χ4v) is 3.53. The van der Waals surface area contributed by atoms with Crippen molar-refractivity contribution in [2.75, 3.05) is 18.1 Å². The topological polar surface area (TPSA) is 12.0 Å². The third-order valence-electron chi connectivity index (χ3n) is 3.38. The zero-order chi connectivity index (χ0) is 11.5. The summed E-state index contributed by atoms with van der Waals surface area (Å²) in [6.45, 7) is 12.9. The van der Waals surface area contributed by atoms with E-state index in [9.17, 15) is 0 Å². The van der Waals surface area contributed by atoms with E-state index in [1.807, 2.05) is 0 Å². The van der Waals surface area contributed by atoms with Gasteiger partial charge in [0.2, 0.25) is 0 Å². The average molecular weight is 229 g/mol. The summed E-state index contributed by atoms with van der Waals surface area (Å²) < 4.78 is 0. The smallest absolute Gasteiger partial charge is 0.0209 e. The zero-order valence-corrected chi connectivity index (χ0v) is 11.8. The van der Waals surface area contributed by atoms with E-state index in [1.54, 1.807) is 0 Å². The van der Waals surface area contributed by atoms with Gasteiger partial charge in [-0.3, -0.25) is 0 Å². The summed E-state index contributed by atoms with van der Waals surface area (Å²) in [4.78, 5) is 0. The van der Waals surface area contributed by atoms with Crippen molar-refractivity contribution in [1.29, 1.82) is 0 Å². The van der Waals surface area contributed by atoms with Crippen LogP contribution in [-0.2, 0) is 0 Å². The highest BCUT2D eigenvalue weighted by Gasteiger charge is 2.32. The largest absolute Gasteiger partial charge is 0.313 e. The van der Waals surface area contributed by atoms with Gasteiger partial charge in [0.15, 0.2) is 0 Å². The Labute approximate surface area is 99.8 Å². The lowest BCUT2D eigenvalue weighted by atomic mass is 9.82. The maximum Gasteiger partial charge on any atom is 0.0209 e. The van der Waals surface area contributed by atoms with Gasteiger partial charge in [-0.25, -0.2) is 0 Å². The molecule has 0 aromatic carbocycles. The Hall–Kier alpha value is 0.310. The molecule has 1 unspecified atom stereocenters. The second-order valence-corrected chi connectivity index (χ2v) is 7.78. The van der Waals surface area contributed by atoms with E-state index in [-0.39, 0.29) is 0 Å². The Balaban J connectivity index is 2.31. The van der Waals surface area contributed by atoms with Crippen molar-refractivity contribution in [2.24, 2.45) is 10.8 Å². The quantitative estimate of drug-likeness (QED) is 0.794.